The van der Waals surface area contributed by atoms with Gasteiger partial charge in [-0.2, -0.15) is 0 Å². The number of amides is 1. The summed E-state index contributed by atoms with van der Waals surface area (Å²) < 4.78 is 5.30. The quantitative estimate of drug-likeness (QED) is 0.800. The van der Waals surface area contributed by atoms with Gasteiger partial charge in [0.15, 0.2) is 0 Å². The summed E-state index contributed by atoms with van der Waals surface area (Å²) in [5.41, 5.74) is 3.04. The van der Waals surface area contributed by atoms with Crippen LogP contribution in [-0.4, -0.2) is 19.6 Å². The fraction of sp³-hybridized carbons (Fsp3) is 0.211. The van der Waals surface area contributed by atoms with E-state index in [9.17, 15) is 4.79 Å². The molecule has 1 atom stereocenters. The van der Waals surface area contributed by atoms with Gasteiger partial charge in [-0.25, -0.2) is 0 Å². The molecule has 2 aromatic rings. The Bertz CT molecular complexity index is 708. The number of hydrogen-bond acceptors (Lipinski definition) is 2. The molecule has 0 saturated carbocycles. The van der Waals surface area contributed by atoms with Gasteiger partial charge in [-0.15, -0.1) is 6.58 Å². The highest BCUT2D eigenvalue weighted by atomic mass is 16.5. The van der Waals surface area contributed by atoms with E-state index in [0.29, 0.717) is 13.0 Å². The van der Waals surface area contributed by atoms with Crippen molar-refractivity contribution in [2.75, 3.05) is 18.6 Å². The summed E-state index contributed by atoms with van der Waals surface area (Å²) in [5.74, 6) is 1.19. The van der Waals surface area contributed by atoms with Crippen molar-refractivity contribution >= 4 is 11.6 Å². The molecule has 2 aromatic carbocycles. The van der Waals surface area contributed by atoms with Crippen molar-refractivity contribution in [3.63, 3.8) is 0 Å². The maximum Gasteiger partial charge on any atom is 0.227 e. The number of ether oxygens (including phenoxy) is 1. The first-order valence-corrected chi connectivity index (χ1v) is 7.39. The van der Waals surface area contributed by atoms with Crippen LogP contribution in [0.2, 0.25) is 0 Å². The van der Waals surface area contributed by atoms with E-state index < -0.39 is 0 Å². The van der Waals surface area contributed by atoms with Crippen LogP contribution in [0.1, 0.15) is 6.42 Å². The number of anilines is 1. The molecule has 112 valence electrons. The van der Waals surface area contributed by atoms with Gasteiger partial charge < -0.3 is 9.64 Å². The predicted molar refractivity (Wildman–Crippen MR) is 89.1 cm³/mol. The average molecular weight is 293 g/mol. The highest BCUT2D eigenvalue weighted by molar-refractivity contribution is 5.99. The molecule has 0 N–H and O–H groups in total. The van der Waals surface area contributed by atoms with Gasteiger partial charge in [0, 0.05) is 24.4 Å². The monoisotopic (exact) mass is 293 g/mol. The van der Waals surface area contributed by atoms with E-state index >= 15 is 0 Å². The fourth-order valence-corrected chi connectivity index (χ4v) is 2.87. The highest BCUT2D eigenvalue weighted by Gasteiger charge is 2.30. The van der Waals surface area contributed by atoms with Crippen LogP contribution in [0.15, 0.2) is 61.2 Å². The largest absolute Gasteiger partial charge is 0.497 e. The van der Waals surface area contributed by atoms with Crippen molar-refractivity contribution in [3.8, 4) is 16.9 Å². The number of benzene rings is 2. The maximum atomic E-state index is 12.3. The Kier molecular flexibility index (Phi) is 3.96. The zero-order valence-electron chi connectivity index (χ0n) is 12.7. The van der Waals surface area contributed by atoms with Crippen LogP contribution in [0.5, 0.6) is 5.75 Å². The number of rotatable bonds is 4. The molecule has 1 amide bonds. The van der Waals surface area contributed by atoms with E-state index in [1.807, 2.05) is 59.5 Å². The molecule has 22 heavy (non-hydrogen) atoms. The van der Waals surface area contributed by atoms with E-state index in [4.69, 9.17) is 4.74 Å². The third-order valence-electron chi connectivity index (χ3n) is 4.06. The van der Waals surface area contributed by atoms with Gasteiger partial charge in [0.2, 0.25) is 5.91 Å². The minimum atomic E-state index is 0.153. The summed E-state index contributed by atoms with van der Waals surface area (Å²) in [6, 6.07) is 15.9. The number of methoxy groups -OCH3 is 1. The second-order valence-corrected chi connectivity index (χ2v) is 5.45. The molecule has 3 nitrogen and oxygen atoms in total. The molecule has 3 heteroatoms. The summed E-state index contributed by atoms with van der Waals surface area (Å²) in [6.07, 6.45) is 2.40. The minimum absolute atomic E-state index is 0.153. The molecule has 1 saturated heterocycles. The molecule has 1 heterocycles. The Hall–Kier alpha value is -2.55. The molecule has 0 radical (unpaired) electrons. The van der Waals surface area contributed by atoms with Crippen LogP contribution in [0, 0.1) is 5.92 Å². The highest BCUT2D eigenvalue weighted by Crippen LogP contribution is 2.35. The number of carbonyl (C=O) groups is 1. The van der Waals surface area contributed by atoms with Crippen molar-refractivity contribution in [2.24, 2.45) is 5.92 Å². The number of carbonyl (C=O) groups excluding carboxylic acids is 1. The normalized spacial score (nSPS) is 17.6. The number of para-hydroxylation sites is 1. The molecule has 1 unspecified atom stereocenters. The van der Waals surface area contributed by atoms with E-state index in [1.165, 1.54) is 0 Å². The van der Waals surface area contributed by atoms with Gasteiger partial charge >= 0.3 is 0 Å². The van der Waals surface area contributed by atoms with Crippen LogP contribution >= 0.6 is 0 Å². The lowest BCUT2D eigenvalue weighted by Gasteiger charge is -2.20. The van der Waals surface area contributed by atoms with Crippen LogP contribution in [-0.2, 0) is 4.79 Å². The fourth-order valence-electron chi connectivity index (χ4n) is 2.87. The predicted octanol–water partition coefficient (Wildman–Crippen LogP) is 3.90. The first-order chi connectivity index (χ1) is 10.7. The molecular weight excluding hydrogens is 274 g/mol. The van der Waals surface area contributed by atoms with Gasteiger partial charge in [0.1, 0.15) is 5.75 Å². The first-order valence-electron chi connectivity index (χ1n) is 7.39. The van der Waals surface area contributed by atoms with Crippen molar-refractivity contribution in [3.05, 3.63) is 61.2 Å². The third-order valence-corrected chi connectivity index (χ3v) is 4.06. The van der Waals surface area contributed by atoms with Crippen LogP contribution in [0.3, 0.4) is 0 Å². The van der Waals surface area contributed by atoms with E-state index in [2.05, 4.69) is 6.58 Å². The molecule has 0 bridgehead atoms. The molecule has 1 aliphatic heterocycles. The van der Waals surface area contributed by atoms with Gasteiger partial charge in [0.25, 0.3) is 0 Å². The lowest BCUT2D eigenvalue weighted by atomic mass is 10.0. The lowest BCUT2D eigenvalue weighted by molar-refractivity contribution is -0.117. The molecule has 1 aliphatic rings. The Balaban J connectivity index is 2.03. The zero-order chi connectivity index (χ0) is 15.5. The van der Waals surface area contributed by atoms with Crippen molar-refractivity contribution in [1.82, 2.24) is 0 Å². The second-order valence-electron chi connectivity index (χ2n) is 5.45. The first kappa shape index (κ1) is 14.4. The van der Waals surface area contributed by atoms with Crippen LogP contribution in [0.25, 0.3) is 11.1 Å². The van der Waals surface area contributed by atoms with Crippen molar-refractivity contribution in [2.45, 2.75) is 6.42 Å². The molecule has 3 rings (SSSR count). The lowest BCUT2D eigenvalue weighted by Crippen LogP contribution is -2.24. The molecule has 0 aliphatic carbocycles. The van der Waals surface area contributed by atoms with Crippen molar-refractivity contribution in [1.29, 1.82) is 0 Å². The Morgan fingerprint density at radius 2 is 2.05 bits per heavy atom. The summed E-state index contributed by atoms with van der Waals surface area (Å²) in [5, 5.41) is 0. The van der Waals surface area contributed by atoms with E-state index in [1.54, 1.807) is 7.11 Å². The van der Waals surface area contributed by atoms with Crippen LogP contribution < -0.4 is 9.64 Å². The Labute approximate surface area is 130 Å². The zero-order valence-corrected chi connectivity index (χ0v) is 12.7. The maximum absolute atomic E-state index is 12.3. The second kappa shape index (κ2) is 6.06. The number of hydrogen-bond donors (Lipinski definition) is 0. The minimum Gasteiger partial charge on any atom is -0.497 e. The van der Waals surface area contributed by atoms with Gasteiger partial charge in [-0.3, -0.25) is 4.79 Å². The SMILES string of the molecule is C=CC1CC(=O)N(c2ccccc2-c2cccc(OC)c2)C1. The number of nitrogens with zero attached hydrogens (tertiary/aromatic N) is 1. The molecule has 1 fully saturated rings. The topological polar surface area (TPSA) is 29.5 Å². The average Bonchev–Trinajstić information content (AvgIpc) is 2.96. The summed E-state index contributed by atoms with van der Waals surface area (Å²) in [7, 11) is 1.66. The Morgan fingerprint density at radius 3 is 2.77 bits per heavy atom. The molecule has 0 spiro atoms. The van der Waals surface area contributed by atoms with Gasteiger partial charge in [-0.1, -0.05) is 36.4 Å². The smallest absolute Gasteiger partial charge is 0.227 e. The van der Waals surface area contributed by atoms with Crippen molar-refractivity contribution < 1.29 is 9.53 Å². The third kappa shape index (κ3) is 2.62. The summed E-state index contributed by atoms with van der Waals surface area (Å²) >= 11 is 0. The standard InChI is InChI=1S/C19H19NO2/c1-3-14-11-19(21)20(13-14)18-10-5-4-9-17(18)15-7-6-8-16(12-15)22-2/h3-10,12,14H,1,11,13H2,2H3. The van der Waals surface area contributed by atoms with Gasteiger partial charge in [0.05, 0.1) is 12.8 Å². The van der Waals surface area contributed by atoms with Gasteiger partial charge in [-0.05, 0) is 23.8 Å². The molecule has 0 aromatic heterocycles. The molecular formula is C19H19NO2. The summed E-state index contributed by atoms with van der Waals surface area (Å²) in [4.78, 5) is 14.2. The van der Waals surface area contributed by atoms with Crippen LogP contribution in [0.4, 0.5) is 5.69 Å². The van der Waals surface area contributed by atoms with E-state index in [0.717, 1.165) is 22.6 Å². The Morgan fingerprint density at radius 1 is 1.23 bits per heavy atom. The van der Waals surface area contributed by atoms with E-state index in [-0.39, 0.29) is 11.8 Å². The summed E-state index contributed by atoms with van der Waals surface area (Å²) in [6.45, 7) is 4.51.